The largest absolute Gasteiger partial charge is 0.460 e. The number of rotatable bonds is 18. The van der Waals surface area contributed by atoms with Crippen LogP contribution < -0.4 is 5.32 Å². The summed E-state index contributed by atoms with van der Waals surface area (Å²) in [6, 6.07) is -4.95. The van der Waals surface area contributed by atoms with E-state index in [4.69, 9.17) is 4.74 Å². The van der Waals surface area contributed by atoms with E-state index in [-0.39, 0.29) is 49.1 Å². The summed E-state index contributed by atoms with van der Waals surface area (Å²) >= 11 is 0. The van der Waals surface area contributed by atoms with Crippen LogP contribution in [-0.4, -0.2) is 129 Å². The van der Waals surface area contributed by atoms with Gasteiger partial charge in [0.2, 0.25) is 29.5 Å². The van der Waals surface area contributed by atoms with Crippen molar-refractivity contribution in [2.24, 2.45) is 23.7 Å². The molecular weight excluding hydrogens is 682 g/mol. The van der Waals surface area contributed by atoms with Crippen LogP contribution in [0.15, 0.2) is 0 Å². The van der Waals surface area contributed by atoms with E-state index in [0.29, 0.717) is 25.2 Å². The molecule has 53 heavy (non-hydrogen) atoms. The van der Waals surface area contributed by atoms with E-state index in [0.717, 1.165) is 24.2 Å². The summed E-state index contributed by atoms with van der Waals surface area (Å²) in [4.78, 5) is 99.8. The van der Waals surface area contributed by atoms with Crippen molar-refractivity contribution in [3.63, 3.8) is 0 Å². The SMILES string of the molecule is CCCC[C@@H](C)C[C@@H](C)C(=O)N(C)[C@@H](CC(C)C)C(=O)N[C@H](C(=O)N(C)[C@H](C(=O)N1C[C@@H](O)C[C@H]1C(=O)N1C(=O)CC[C@@H]1C)C(C)C)[C@@H](C)OC(C)=O. The van der Waals surface area contributed by atoms with Crippen LogP contribution in [0.1, 0.15) is 121 Å². The number of hydrogen-bond donors (Lipinski definition) is 2. The number of hydrogen-bond acceptors (Lipinski definition) is 9. The minimum absolute atomic E-state index is 0.00996. The first-order valence-corrected chi connectivity index (χ1v) is 19.5. The zero-order valence-electron chi connectivity index (χ0n) is 34.2. The van der Waals surface area contributed by atoms with Crippen molar-refractivity contribution in [3.05, 3.63) is 0 Å². The Kier molecular flexibility index (Phi) is 17.4. The van der Waals surface area contributed by atoms with E-state index in [1.54, 1.807) is 27.8 Å². The molecule has 0 bridgehead atoms. The van der Waals surface area contributed by atoms with Gasteiger partial charge in [-0.25, -0.2) is 0 Å². The Labute approximate surface area is 316 Å². The van der Waals surface area contributed by atoms with Gasteiger partial charge in [0.1, 0.15) is 30.3 Å². The molecule has 0 aromatic rings. The third kappa shape index (κ3) is 12.0. The summed E-state index contributed by atoms with van der Waals surface area (Å²) in [5.41, 5.74) is 0. The molecule has 0 aromatic heterocycles. The summed E-state index contributed by atoms with van der Waals surface area (Å²) < 4.78 is 5.42. The van der Waals surface area contributed by atoms with Crippen LogP contribution in [0.5, 0.6) is 0 Å². The molecule has 14 nitrogen and oxygen atoms in total. The second kappa shape index (κ2) is 20.2. The molecule has 14 heteroatoms. The van der Waals surface area contributed by atoms with Crippen LogP contribution in [0, 0.1) is 23.7 Å². The van der Waals surface area contributed by atoms with Crippen molar-refractivity contribution in [3.8, 4) is 0 Å². The average molecular weight is 750 g/mol. The predicted octanol–water partition coefficient (Wildman–Crippen LogP) is 3.13. The Morgan fingerprint density at radius 1 is 0.962 bits per heavy atom. The molecule has 2 N–H and O–H groups in total. The number of ether oxygens (including phenoxy) is 1. The van der Waals surface area contributed by atoms with E-state index in [1.165, 1.54) is 35.6 Å². The number of likely N-dealkylation sites (N-methyl/N-ethyl adjacent to an activating group) is 2. The smallest absolute Gasteiger partial charge is 0.302 e. The van der Waals surface area contributed by atoms with E-state index < -0.39 is 71.9 Å². The maximum Gasteiger partial charge on any atom is 0.302 e. The first-order chi connectivity index (χ1) is 24.6. The number of imide groups is 1. The highest BCUT2D eigenvalue weighted by Gasteiger charge is 2.48. The number of carbonyl (C=O) groups is 7. The second-order valence-corrected chi connectivity index (χ2v) is 16.3. The van der Waals surface area contributed by atoms with Crippen LogP contribution in [0.2, 0.25) is 0 Å². The minimum atomic E-state index is -1.43. The molecule has 0 spiro atoms. The Hall–Kier alpha value is -3.55. The lowest BCUT2D eigenvalue weighted by Gasteiger charge is -2.38. The van der Waals surface area contributed by atoms with Gasteiger partial charge in [-0.2, -0.15) is 0 Å². The first kappa shape index (κ1) is 45.6. The maximum atomic E-state index is 14.4. The number of unbranched alkanes of at least 4 members (excludes halogenated alkanes) is 1. The normalized spacial score (nSPS) is 22.2. The van der Waals surface area contributed by atoms with Crippen molar-refractivity contribution >= 4 is 41.4 Å². The highest BCUT2D eigenvalue weighted by Crippen LogP contribution is 2.28. The number of amides is 6. The van der Waals surface area contributed by atoms with Crippen molar-refractivity contribution in [1.82, 2.24) is 24.9 Å². The maximum absolute atomic E-state index is 14.4. The molecule has 0 aliphatic carbocycles. The number of β-amino-alcohol motifs (C(OH)–C–C–N with tert-alkyl or cyclic N) is 1. The third-order valence-corrected chi connectivity index (χ3v) is 10.6. The topological polar surface area (TPSA) is 174 Å². The molecule has 2 fully saturated rings. The lowest BCUT2D eigenvalue weighted by atomic mass is 9.91. The van der Waals surface area contributed by atoms with Gasteiger partial charge in [-0.1, -0.05) is 67.7 Å². The molecule has 2 heterocycles. The Morgan fingerprint density at radius 3 is 2.09 bits per heavy atom. The lowest BCUT2D eigenvalue weighted by molar-refractivity contribution is -0.157. The monoisotopic (exact) mass is 749 g/mol. The summed E-state index contributed by atoms with van der Waals surface area (Å²) in [5, 5.41) is 13.4. The fourth-order valence-corrected chi connectivity index (χ4v) is 7.77. The fraction of sp³-hybridized carbons (Fsp3) is 0.821. The summed E-state index contributed by atoms with van der Waals surface area (Å²) in [6.07, 6.45) is 2.64. The summed E-state index contributed by atoms with van der Waals surface area (Å²) in [7, 11) is 3.00. The van der Waals surface area contributed by atoms with Gasteiger partial charge in [0.25, 0.3) is 5.91 Å². The van der Waals surface area contributed by atoms with Crippen molar-refractivity contribution in [2.45, 2.75) is 163 Å². The van der Waals surface area contributed by atoms with Gasteiger partial charge in [-0.05, 0) is 50.9 Å². The average Bonchev–Trinajstić information content (AvgIpc) is 3.63. The standard InChI is InChI=1S/C39H67N5O9/c1-13-14-15-24(6)19-25(7)36(49)41(11)30(18-22(2)3)35(48)40-33(27(9)53-28(10)45)38(51)42(12)34(23(4)5)39(52)43-21-29(46)20-31(43)37(50)44-26(8)16-17-32(44)47/h22-27,29-31,33-34,46H,13-21H2,1-12H3,(H,40,48)/t24-,25-,26+,27-,29+,30+,31+,33+,34+/m1/s1. The van der Waals surface area contributed by atoms with Crippen LogP contribution in [0.4, 0.5) is 0 Å². The Balaban J connectivity index is 2.41. The quantitative estimate of drug-likeness (QED) is 0.158. The van der Waals surface area contributed by atoms with Crippen LogP contribution in [-0.2, 0) is 38.3 Å². The van der Waals surface area contributed by atoms with Gasteiger partial charge in [0, 0.05) is 52.4 Å². The molecule has 2 aliphatic heterocycles. The number of likely N-dealkylation sites (tertiary alicyclic amines) is 2. The molecule has 2 rings (SSSR count). The van der Waals surface area contributed by atoms with Gasteiger partial charge >= 0.3 is 5.97 Å². The second-order valence-electron chi connectivity index (χ2n) is 16.3. The number of nitrogens with one attached hydrogen (secondary N) is 1. The number of nitrogens with zero attached hydrogens (tertiary/aromatic N) is 4. The molecule has 0 radical (unpaired) electrons. The van der Waals surface area contributed by atoms with Gasteiger partial charge in [0.05, 0.1) is 6.10 Å². The highest BCUT2D eigenvalue weighted by molar-refractivity contribution is 6.02. The molecule has 302 valence electrons. The van der Waals surface area contributed by atoms with Gasteiger partial charge in [-0.3, -0.25) is 38.5 Å². The molecule has 2 saturated heterocycles. The highest BCUT2D eigenvalue weighted by atomic mass is 16.5. The van der Waals surface area contributed by atoms with Crippen molar-refractivity contribution < 1.29 is 43.4 Å². The number of esters is 1. The lowest BCUT2D eigenvalue weighted by Crippen LogP contribution is -2.62. The number of carbonyl (C=O) groups excluding carboxylic acids is 7. The summed E-state index contributed by atoms with van der Waals surface area (Å²) in [6.45, 7) is 17.7. The van der Waals surface area contributed by atoms with E-state index in [2.05, 4.69) is 19.2 Å². The van der Waals surface area contributed by atoms with Gasteiger partial charge in [0.15, 0.2) is 0 Å². The minimum Gasteiger partial charge on any atom is -0.460 e. The molecule has 6 amide bonds. The zero-order chi connectivity index (χ0) is 40.5. The number of aliphatic hydroxyl groups excluding tert-OH is 1. The predicted molar refractivity (Wildman–Crippen MR) is 200 cm³/mol. The number of aliphatic hydroxyl groups is 1. The van der Waals surface area contributed by atoms with Crippen molar-refractivity contribution in [1.29, 1.82) is 0 Å². The van der Waals surface area contributed by atoms with E-state index >= 15 is 0 Å². The molecular formula is C39H67N5O9. The van der Waals surface area contributed by atoms with Crippen molar-refractivity contribution in [2.75, 3.05) is 20.6 Å². The van der Waals surface area contributed by atoms with Gasteiger partial charge in [-0.15, -0.1) is 0 Å². The Bertz CT molecular complexity index is 1320. The van der Waals surface area contributed by atoms with E-state index in [9.17, 15) is 38.7 Å². The van der Waals surface area contributed by atoms with Crippen LogP contribution >= 0.6 is 0 Å². The fourth-order valence-electron chi connectivity index (χ4n) is 7.77. The molecule has 0 unspecified atom stereocenters. The van der Waals surface area contributed by atoms with Crippen LogP contribution in [0.25, 0.3) is 0 Å². The first-order valence-electron chi connectivity index (χ1n) is 19.5. The van der Waals surface area contributed by atoms with Crippen LogP contribution in [0.3, 0.4) is 0 Å². The van der Waals surface area contributed by atoms with Gasteiger partial charge < -0.3 is 29.9 Å². The molecule has 9 atom stereocenters. The zero-order valence-corrected chi connectivity index (χ0v) is 34.2. The van der Waals surface area contributed by atoms with E-state index in [1.807, 2.05) is 20.8 Å². The summed E-state index contributed by atoms with van der Waals surface area (Å²) in [5.74, 6) is -4.15. The third-order valence-electron chi connectivity index (χ3n) is 10.6. The Morgan fingerprint density at radius 2 is 1.58 bits per heavy atom. The molecule has 0 aromatic carbocycles. The molecule has 2 aliphatic rings. The molecule has 0 saturated carbocycles.